The van der Waals surface area contributed by atoms with Crippen LogP contribution >= 0.6 is 0 Å². The number of hydrogen-bond acceptors (Lipinski definition) is 7. The van der Waals surface area contributed by atoms with Crippen LogP contribution in [0.1, 0.15) is 23.0 Å². The standard InChI is InChI=1S/C22H22N4O4/c1-4-30-17-8-9-18(21(11-17)29-3)19-13-23-14-20(25-19)22(27)26-24-12-15-6-5-7-16(10-15)28-2/h5-14H,4H2,1-3H3,(H,26,27). The summed E-state index contributed by atoms with van der Waals surface area (Å²) < 4.78 is 16.1. The Morgan fingerprint density at radius 1 is 1.10 bits per heavy atom. The molecular formula is C22H22N4O4. The Morgan fingerprint density at radius 2 is 1.97 bits per heavy atom. The molecule has 0 fully saturated rings. The fraction of sp³-hybridized carbons (Fsp3) is 0.182. The molecule has 8 nitrogen and oxygen atoms in total. The number of ether oxygens (including phenoxy) is 3. The topological polar surface area (TPSA) is 94.9 Å². The lowest BCUT2D eigenvalue weighted by atomic mass is 10.1. The third-order valence-corrected chi connectivity index (χ3v) is 4.10. The minimum atomic E-state index is -0.478. The molecule has 154 valence electrons. The van der Waals surface area contributed by atoms with Crippen molar-refractivity contribution in [3.05, 3.63) is 66.1 Å². The van der Waals surface area contributed by atoms with E-state index in [4.69, 9.17) is 14.2 Å². The zero-order valence-electron chi connectivity index (χ0n) is 17.0. The predicted octanol–water partition coefficient (Wildman–Crippen LogP) is 3.32. The van der Waals surface area contributed by atoms with Crippen molar-refractivity contribution < 1.29 is 19.0 Å². The molecule has 2 aromatic carbocycles. The number of hydrogen-bond donors (Lipinski definition) is 1. The second kappa shape index (κ2) is 10.0. The molecule has 0 spiro atoms. The predicted molar refractivity (Wildman–Crippen MR) is 113 cm³/mol. The number of amides is 1. The SMILES string of the molecule is CCOc1ccc(-c2cncc(C(=O)NN=Cc3cccc(OC)c3)n2)c(OC)c1. The second-order valence-corrected chi connectivity index (χ2v) is 6.06. The zero-order chi connectivity index (χ0) is 21.3. The van der Waals surface area contributed by atoms with Crippen LogP contribution in [0.5, 0.6) is 17.2 Å². The quantitative estimate of drug-likeness (QED) is 0.455. The van der Waals surface area contributed by atoms with Crippen LogP contribution in [0.25, 0.3) is 11.3 Å². The number of carbonyl (C=O) groups is 1. The minimum absolute atomic E-state index is 0.131. The largest absolute Gasteiger partial charge is 0.497 e. The van der Waals surface area contributed by atoms with Crippen molar-refractivity contribution in [1.82, 2.24) is 15.4 Å². The second-order valence-electron chi connectivity index (χ2n) is 6.06. The van der Waals surface area contributed by atoms with Gasteiger partial charge in [0, 0.05) is 11.6 Å². The molecule has 30 heavy (non-hydrogen) atoms. The zero-order valence-corrected chi connectivity index (χ0v) is 17.0. The highest BCUT2D eigenvalue weighted by Crippen LogP contribution is 2.32. The number of hydrazone groups is 1. The molecule has 0 unspecified atom stereocenters. The molecule has 0 atom stereocenters. The minimum Gasteiger partial charge on any atom is -0.497 e. The first-order chi connectivity index (χ1) is 14.6. The van der Waals surface area contributed by atoms with Gasteiger partial charge in [-0.3, -0.25) is 9.78 Å². The van der Waals surface area contributed by atoms with Crippen molar-refractivity contribution in [3.8, 4) is 28.5 Å². The third kappa shape index (κ3) is 5.11. The highest BCUT2D eigenvalue weighted by atomic mass is 16.5. The Bertz CT molecular complexity index is 1050. The number of benzene rings is 2. The smallest absolute Gasteiger partial charge is 0.291 e. The van der Waals surface area contributed by atoms with E-state index in [-0.39, 0.29) is 5.69 Å². The van der Waals surface area contributed by atoms with Crippen LogP contribution in [-0.4, -0.2) is 42.9 Å². The van der Waals surface area contributed by atoms with E-state index in [1.165, 1.54) is 12.4 Å². The summed E-state index contributed by atoms with van der Waals surface area (Å²) in [5, 5.41) is 3.97. The Morgan fingerprint density at radius 3 is 2.73 bits per heavy atom. The molecule has 0 saturated carbocycles. The lowest BCUT2D eigenvalue weighted by Crippen LogP contribution is -2.19. The number of aromatic nitrogens is 2. The fourth-order valence-electron chi connectivity index (χ4n) is 2.69. The summed E-state index contributed by atoms with van der Waals surface area (Å²) in [5.41, 5.74) is 4.57. The summed E-state index contributed by atoms with van der Waals surface area (Å²) >= 11 is 0. The van der Waals surface area contributed by atoms with Crippen LogP contribution in [0.3, 0.4) is 0 Å². The van der Waals surface area contributed by atoms with E-state index in [2.05, 4.69) is 20.5 Å². The van der Waals surface area contributed by atoms with Gasteiger partial charge < -0.3 is 14.2 Å². The van der Waals surface area contributed by atoms with E-state index in [1.807, 2.05) is 37.3 Å². The lowest BCUT2D eigenvalue weighted by Gasteiger charge is -2.11. The Kier molecular flexibility index (Phi) is 6.94. The van der Waals surface area contributed by atoms with Gasteiger partial charge in [-0.2, -0.15) is 5.10 Å². The van der Waals surface area contributed by atoms with Gasteiger partial charge in [0.1, 0.15) is 22.9 Å². The first kappa shape index (κ1) is 20.8. The highest BCUT2D eigenvalue weighted by Gasteiger charge is 2.13. The molecular weight excluding hydrogens is 384 g/mol. The van der Waals surface area contributed by atoms with Crippen LogP contribution in [0.15, 0.2) is 60.0 Å². The Labute approximate surface area is 174 Å². The summed E-state index contributed by atoms with van der Waals surface area (Å²) in [6.45, 7) is 2.46. The maximum absolute atomic E-state index is 12.4. The first-order valence-corrected chi connectivity index (χ1v) is 9.25. The number of rotatable bonds is 8. The van der Waals surface area contributed by atoms with Gasteiger partial charge in [0.05, 0.1) is 45.1 Å². The fourth-order valence-corrected chi connectivity index (χ4v) is 2.69. The molecule has 3 rings (SSSR count). The number of carbonyl (C=O) groups excluding carboxylic acids is 1. The van der Waals surface area contributed by atoms with Crippen LogP contribution in [0, 0.1) is 0 Å². The van der Waals surface area contributed by atoms with E-state index >= 15 is 0 Å². The van der Waals surface area contributed by atoms with E-state index < -0.39 is 5.91 Å². The molecule has 1 amide bonds. The van der Waals surface area contributed by atoms with Crippen LogP contribution < -0.4 is 19.6 Å². The third-order valence-electron chi connectivity index (χ3n) is 4.10. The summed E-state index contributed by atoms with van der Waals surface area (Å²) in [4.78, 5) is 20.9. The van der Waals surface area contributed by atoms with Crippen molar-refractivity contribution in [1.29, 1.82) is 0 Å². The van der Waals surface area contributed by atoms with Crippen LogP contribution in [-0.2, 0) is 0 Å². The summed E-state index contributed by atoms with van der Waals surface area (Å²) in [6.07, 6.45) is 4.46. The van der Waals surface area contributed by atoms with Crippen LogP contribution in [0.2, 0.25) is 0 Å². The molecule has 1 heterocycles. The molecule has 0 aliphatic heterocycles. The number of methoxy groups -OCH3 is 2. The summed E-state index contributed by atoms with van der Waals surface area (Å²) in [5.74, 6) is 1.48. The molecule has 0 aliphatic carbocycles. The molecule has 3 aromatic rings. The molecule has 0 saturated heterocycles. The van der Waals surface area contributed by atoms with E-state index in [1.54, 1.807) is 32.5 Å². The van der Waals surface area contributed by atoms with Crippen molar-refractivity contribution in [2.75, 3.05) is 20.8 Å². The van der Waals surface area contributed by atoms with Crippen molar-refractivity contribution in [3.63, 3.8) is 0 Å². The normalized spacial score (nSPS) is 10.6. The highest BCUT2D eigenvalue weighted by molar-refractivity contribution is 5.93. The number of nitrogens with zero attached hydrogens (tertiary/aromatic N) is 3. The maximum atomic E-state index is 12.4. The molecule has 0 radical (unpaired) electrons. The molecule has 1 N–H and O–H groups in total. The van der Waals surface area contributed by atoms with E-state index in [0.29, 0.717) is 35.1 Å². The lowest BCUT2D eigenvalue weighted by molar-refractivity contribution is 0.0950. The van der Waals surface area contributed by atoms with Gasteiger partial charge in [-0.1, -0.05) is 12.1 Å². The first-order valence-electron chi connectivity index (χ1n) is 9.25. The average molecular weight is 406 g/mol. The molecule has 8 heteroatoms. The van der Waals surface area contributed by atoms with Gasteiger partial charge in [0.15, 0.2) is 0 Å². The van der Waals surface area contributed by atoms with E-state index in [9.17, 15) is 4.79 Å². The summed E-state index contributed by atoms with van der Waals surface area (Å²) in [7, 11) is 3.15. The number of nitrogens with one attached hydrogen (secondary N) is 1. The van der Waals surface area contributed by atoms with Gasteiger partial charge in [0.25, 0.3) is 5.91 Å². The van der Waals surface area contributed by atoms with Gasteiger partial charge in [0.2, 0.25) is 0 Å². The van der Waals surface area contributed by atoms with Gasteiger partial charge >= 0.3 is 0 Å². The van der Waals surface area contributed by atoms with Gasteiger partial charge in [-0.25, -0.2) is 10.4 Å². The van der Waals surface area contributed by atoms with Gasteiger partial charge in [-0.15, -0.1) is 0 Å². The van der Waals surface area contributed by atoms with Crippen molar-refractivity contribution >= 4 is 12.1 Å². The van der Waals surface area contributed by atoms with Crippen molar-refractivity contribution in [2.45, 2.75) is 6.92 Å². The Hall–Kier alpha value is -3.94. The molecule has 1 aromatic heterocycles. The van der Waals surface area contributed by atoms with Crippen LogP contribution in [0.4, 0.5) is 0 Å². The monoisotopic (exact) mass is 406 g/mol. The van der Waals surface area contributed by atoms with E-state index in [0.717, 1.165) is 5.56 Å². The van der Waals surface area contributed by atoms with Crippen molar-refractivity contribution in [2.24, 2.45) is 5.10 Å². The molecule has 0 aliphatic rings. The average Bonchev–Trinajstić information content (AvgIpc) is 2.79. The maximum Gasteiger partial charge on any atom is 0.291 e. The van der Waals surface area contributed by atoms with Gasteiger partial charge in [-0.05, 0) is 36.8 Å². The molecule has 0 bridgehead atoms. The summed E-state index contributed by atoms with van der Waals surface area (Å²) in [6, 6.07) is 12.7. The Balaban J connectivity index is 1.76.